The van der Waals surface area contributed by atoms with Crippen molar-refractivity contribution in [3.05, 3.63) is 68.8 Å². The minimum Gasteiger partial charge on any atom is -0.322 e. The van der Waals surface area contributed by atoms with Gasteiger partial charge in [-0.1, -0.05) is 23.8 Å². The zero-order chi connectivity index (χ0) is 20.7. The average molecular weight is 500 g/mol. The number of carbonyl (C=O) groups is 3. The van der Waals surface area contributed by atoms with Crippen molar-refractivity contribution < 1.29 is 14.4 Å². The van der Waals surface area contributed by atoms with Gasteiger partial charge in [0, 0.05) is 9.26 Å². The molecule has 1 aliphatic heterocycles. The number of nitrogens with one attached hydrogen (secondary N) is 1. The third-order valence-electron chi connectivity index (χ3n) is 5.65. The summed E-state index contributed by atoms with van der Waals surface area (Å²) in [6.07, 6.45) is 3.21. The van der Waals surface area contributed by atoms with Crippen LogP contribution in [0.5, 0.6) is 0 Å². The fourth-order valence-electron chi connectivity index (χ4n) is 4.09. The average Bonchev–Trinajstić information content (AvgIpc) is 2.94. The van der Waals surface area contributed by atoms with Crippen molar-refractivity contribution in [3.63, 3.8) is 0 Å². The van der Waals surface area contributed by atoms with Crippen LogP contribution in [0.4, 0.5) is 11.4 Å². The fraction of sp³-hybridized carbons (Fsp3) is 0.261. The largest absolute Gasteiger partial charge is 0.322 e. The van der Waals surface area contributed by atoms with E-state index in [9.17, 15) is 14.4 Å². The minimum atomic E-state index is -0.338. The second-order valence-corrected chi connectivity index (χ2v) is 8.89. The van der Waals surface area contributed by atoms with Gasteiger partial charge in [0.05, 0.1) is 23.1 Å². The number of carbonyl (C=O) groups excluding carboxylic acids is 3. The summed E-state index contributed by atoms with van der Waals surface area (Å²) in [6, 6.07) is 12.6. The molecular weight excluding hydrogens is 479 g/mol. The van der Waals surface area contributed by atoms with Gasteiger partial charge in [-0.05, 0) is 85.2 Å². The van der Waals surface area contributed by atoms with Gasteiger partial charge in [-0.2, -0.15) is 0 Å². The molecule has 2 atom stereocenters. The molecule has 4 rings (SSSR count). The summed E-state index contributed by atoms with van der Waals surface area (Å²) in [5.74, 6) is -1.43. The molecule has 1 heterocycles. The van der Waals surface area contributed by atoms with Crippen LogP contribution in [0.3, 0.4) is 0 Å². The Morgan fingerprint density at radius 2 is 1.79 bits per heavy atom. The van der Waals surface area contributed by atoms with Gasteiger partial charge in [-0.25, -0.2) is 4.90 Å². The molecular formula is C23H21IN2O3. The third kappa shape index (κ3) is 3.61. The predicted octanol–water partition coefficient (Wildman–Crippen LogP) is 4.70. The fourth-order valence-corrected chi connectivity index (χ4v) is 4.74. The molecule has 0 bridgehead atoms. The molecule has 2 aromatic carbocycles. The van der Waals surface area contributed by atoms with Crippen LogP contribution in [0.2, 0.25) is 0 Å². The van der Waals surface area contributed by atoms with E-state index in [-0.39, 0.29) is 29.6 Å². The van der Waals surface area contributed by atoms with E-state index in [4.69, 9.17) is 0 Å². The molecule has 0 aromatic heterocycles. The molecule has 29 heavy (non-hydrogen) atoms. The lowest BCUT2D eigenvalue weighted by atomic mass is 9.82. The topological polar surface area (TPSA) is 66.5 Å². The Morgan fingerprint density at radius 1 is 1.07 bits per heavy atom. The summed E-state index contributed by atoms with van der Waals surface area (Å²) in [6.45, 7) is 3.92. The third-order valence-corrected chi connectivity index (χ3v) is 6.32. The Balaban J connectivity index is 1.66. The molecule has 1 fully saturated rings. The van der Waals surface area contributed by atoms with Crippen molar-refractivity contribution in [2.75, 3.05) is 10.2 Å². The molecule has 0 radical (unpaired) electrons. The van der Waals surface area contributed by atoms with Gasteiger partial charge in [0.1, 0.15) is 0 Å². The number of hydrogen-bond donors (Lipinski definition) is 1. The first-order valence-electron chi connectivity index (χ1n) is 9.57. The van der Waals surface area contributed by atoms with E-state index in [0.29, 0.717) is 29.8 Å². The highest BCUT2D eigenvalue weighted by Crippen LogP contribution is 2.40. The summed E-state index contributed by atoms with van der Waals surface area (Å²) in [7, 11) is 0. The minimum absolute atomic E-state index is 0.210. The number of nitrogens with zero attached hydrogens (tertiary/aromatic N) is 1. The van der Waals surface area contributed by atoms with Gasteiger partial charge in [0.2, 0.25) is 11.8 Å². The number of imide groups is 1. The predicted molar refractivity (Wildman–Crippen MR) is 121 cm³/mol. The van der Waals surface area contributed by atoms with Crippen molar-refractivity contribution >= 4 is 51.7 Å². The monoisotopic (exact) mass is 500 g/mol. The molecule has 2 aromatic rings. The SMILES string of the molecule is CC1=CC[C@H]2C(=O)N(c3ccccc3C(=O)Nc3ccc(I)cc3C)C(=O)[C@@H]2C1. The first-order valence-corrected chi connectivity index (χ1v) is 10.6. The van der Waals surface area contributed by atoms with E-state index >= 15 is 0 Å². The second-order valence-electron chi connectivity index (χ2n) is 7.65. The smallest absolute Gasteiger partial charge is 0.257 e. The van der Waals surface area contributed by atoms with Crippen LogP contribution in [-0.2, 0) is 9.59 Å². The number of halogens is 1. The van der Waals surface area contributed by atoms with Crippen LogP contribution in [0.1, 0.15) is 35.7 Å². The number of fused-ring (bicyclic) bond motifs is 1. The summed E-state index contributed by atoms with van der Waals surface area (Å²) in [4.78, 5) is 40.3. The molecule has 0 unspecified atom stereocenters. The van der Waals surface area contributed by atoms with Gasteiger partial charge in [-0.15, -0.1) is 0 Å². The van der Waals surface area contributed by atoms with E-state index in [0.717, 1.165) is 14.7 Å². The van der Waals surface area contributed by atoms with Crippen LogP contribution < -0.4 is 10.2 Å². The number of amides is 3. The molecule has 148 valence electrons. The van der Waals surface area contributed by atoms with Crippen LogP contribution in [0.25, 0.3) is 0 Å². The number of para-hydroxylation sites is 1. The lowest BCUT2D eigenvalue weighted by Crippen LogP contribution is -2.33. The maximum atomic E-state index is 13.1. The molecule has 1 N–H and O–H groups in total. The van der Waals surface area contributed by atoms with E-state index in [2.05, 4.69) is 27.9 Å². The molecule has 1 aliphatic carbocycles. The molecule has 0 spiro atoms. The van der Waals surface area contributed by atoms with Crippen molar-refractivity contribution in [1.29, 1.82) is 0 Å². The zero-order valence-electron chi connectivity index (χ0n) is 16.2. The normalized spacial score (nSPS) is 21.1. The first-order chi connectivity index (χ1) is 13.9. The number of rotatable bonds is 3. The van der Waals surface area contributed by atoms with Crippen LogP contribution in [0.15, 0.2) is 54.1 Å². The highest BCUT2D eigenvalue weighted by molar-refractivity contribution is 14.1. The van der Waals surface area contributed by atoms with Gasteiger partial charge in [0.15, 0.2) is 0 Å². The van der Waals surface area contributed by atoms with Gasteiger partial charge < -0.3 is 5.32 Å². The lowest BCUT2D eigenvalue weighted by Gasteiger charge is -2.19. The Morgan fingerprint density at radius 3 is 2.55 bits per heavy atom. The molecule has 3 amide bonds. The van der Waals surface area contributed by atoms with Crippen LogP contribution in [-0.4, -0.2) is 17.7 Å². The summed E-state index contributed by atoms with van der Waals surface area (Å²) in [5, 5.41) is 2.92. The van der Waals surface area contributed by atoms with Crippen molar-refractivity contribution in [1.82, 2.24) is 0 Å². The highest BCUT2D eigenvalue weighted by atomic mass is 127. The number of hydrogen-bond acceptors (Lipinski definition) is 3. The standard InChI is InChI=1S/C23H21IN2O3/c1-13-7-9-16-18(11-13)23(29)26(22(16)28)20-6-4-3-5-17(20)21(27)25-19-10-8-15(24)12-14(19)2/h3-8,10,12,16,18H,9,11H2,1-2H3,(H,25,27)/t16-,18-/m1/s1. The van der Waals surface area contributed by atoms with Gasteiger partial charge in [-0.3, -0.25) is 14.4 Å². The zero-order valence-corrected chi connectivity index (χ0v) is 18.4. The lowest BCUT2D eigenvalue weighted by molar-refractivity contribution is -0.122. The summed E-state index contributed by atoms with van der Waals surface area (Å²) < 4.78 is 1.08. The number of aryl methyl sites for hydroxylation is 1. The molecule has 5 nitrogen and oxygen atoms in total. The van der Waals surface area contributed by atoms with Crippen LogP contribution in [0, 0.1) is 22.3 Å². The Bertz CT molecular complexity index is 1060. The van der Waals surface area contributed by atoms with E-state index < -0.39 is 0 Å². The van der Waals surface area contributed by atoms with E-state index in [1.807, 2.05) is 38.1 Å². The highest BCUT2D eigenvalue weighted by Gasteiger charge is 2.49. The maximum Gasteiger partial charge on any atom is 0.257 e. The molecule has 6 heteroatoms. The Kier molecular flexibility index (Phi) is 5.29. The van der Waals surface area contributed by atoms with Crippen LogP contribution >= 0.6 is 22.6 Å². The summed E-state index contributed by atoms with van der Waals surface area (Å²) >= 11 is 2.22. The Hall–Kier alpha value is -2.48. The second kappa shape index (κ2) is 7.74. The van der Waals surface area contributed by atoms with E-state index in [1.54, 1.807) is 24.3 Å². The number of allylic oxidation sites excluding steroid dienone is 2. The van der Waals surface area contributed by atoms with Gasteiger partial charge >= 0.3 is 0 Å². The quantitative estimate of drug-likeness (QED) is 0.378. The number of anilines is 2. The van der Waals surface area contributed by atoms with E-state index in [1.165, 1.54) is 4.90 Å². The maximum absolute atomic E-state index is 13.1. The van der Waals surface area contributed by atoms with Crippen molar-refractivity contribution in [3.8, 4) is 0 Å². The van der Waals surface area contributed by atoms with Gasteiger partial charge in [0.25, 0.3) is 5.91 Å². The number of benzene rings is 2. The Labute approximate surface area is 183 Å². The molecule has 1 saturated heterocycles. The van der Waals surface area contributed by atoms with Crippen molar-refractivity contribution in [2.45, 2.75) is 26.7 Å². The van der Waals surface area contributed by atoms with Crippen molar-refractivity contribution in [2.24, 2.45) is 11.8 Å². The summed E-state index contributed by atoms with van der Waals surface area (Å²) in [5.41, 5.74) is 3.46. The molecule has 0 saturated carbocycles. The first kappa shape index (κ1) is 19.8. The molecule has 2 aliphatic rings.